The highest BCUT2D eigenvalue weighted by Gasteiger charge is 2.57. The summed E-state index contributed by atoms with van der Waals surface area (Å²) in [6, 6.07) is 15.0. The molecule has 0 unspecified atom stereocenters. The van der Waals surface area contributed by atoms with Gasteiger partial charge in [-0.3, -0.25) is 14.4 Å². The van der Waals surface area contributed by atoms with Crippen LogP contribution in [0.25, 0.3) is 11.1 Å². The van der Waals surface area contributed by atoms with E-state index in [1.54, 1.807) is 12.0 Å². The second-order valence-corrected chi connectivity index (χ2v) is 15.5. The molecule has 8 atom stereocenters. The number of hydroxylamine groups is 2. The number of aliphatic hydroxyl groups is 2. The molecule has 2 heterocycles. The predicted octanol–water partition coefficient (Wildman–Crippen LogP) is 4.62. The standard InChI is InChI=1S/C39H56N4O5/c1-25-32-21-31(39(32,3)4)22-33(25)41-38(47)36-35(26(2)45)34(24-44)48-43(36)23-27-11-8-12-28(19-27)29-13-9-14-30(20-29)37(46)40-15-10-18-42-16-6-5-7-17-42/h8-9,11-14,19-20,25-26,31-36,44-45H,5-7,10,15-18,21-24H2,1-4H3,(H,40,46)(H,41,47)/t25-,26-,31-,32+,33-,34-,35+,36-/m0/s1. The topological polar surface area (TPSA) is 114 Å². The minimum atomic E-state index is -0.844. The van der Waals surface area contributed by atoms with Crippen LogP contribution in [0.2, 0.25) is 0 Å². The maximum Gasteiger partial charge on any atom is 0.251 e. The monoisotopic (exact) mass is 660 g/mol. The van der Waals surface area contributed by atoms with Crippen molar-refractivity contribution in [2.75, 3.05) is 32.8 Å². The van der Waals surface area contributed by atoms with Crippen molar-refractivity contribution in [3.63, 3.8) is 0 Å². The van der Waals surface area contributed by atoms with Gasteiger partial charge in [-0.1, -0.05) is 57.5 Å². The summed E-state index contributed by atoms with van der Waals surface area (Å²) < 4.78 is 0. The van der Waals surface area contributed by atoms with Crippen molar-refractivity contribution in [3.8, 4) is 11.1 Å². The summed E-state index contributed by atoms with van der Waals surface area (Å²) in [6.07, 6.45) is 5.47. The van der Waals surface area contributed by atoms with Crippen molar-refractivity contribution in [3.05, 3.63) is 59.7 Å². The largest absolute Gasteiger partial charge is 0.394 e. The van der Waals surface area contributed by atoms with Gasteiger partial charge in [0.05, 0.1) is 19.3 Å². The van der Waals surface area contributed by atoms with Crippen molar-refractivity contribution < 1.29 is 24.6 Å². The van der Waals surface area contributed by atoms with Gasteiger partial charge in [-0.05, 0) is 117 Å². The molecule has 2 saturated heterocycles. The van der Waals surface area contributed by atoms with Crippen LogP contribution in [0, 0.1) is 29.1 Å². The SMILES string of the molecule is C[C@@H]1[C@@H](NC(=O)[C@@H]2[C@H]([C@H](C)O)[C@H](CO)ON2Cc2cccc(-c3cccc(C(=O)NCCCN4CCCCC4)c3)c2)C[C@@H]2C[C@H]1C2(C)C. The second-order valence-electron chi connectivity index (χ2n) is 15.5. The third-order valence-electron chi connectivity index (χ3n) is 12.2. The van der Waals surface area contributed by atoms with E-state index in [4.69, 9.17) is 4.84 Å². The number of rotatable bonds is 12. The number of carbonyl (C=O) groups excluding carboxylic acids is 2. The van der Waals surface area contributed by atoms with Gasteiger partial charge in [-0.2, -0.15) is 5.06 Å². The van der Waals surface area contributed by atoms with Crippen molar-refractivity contribution in [2.24, 2.45) is 29.1 Å². The number of piperidine rings is 1. The number of benzene rings is 2. The predicted molar refractivity (Wildman–Crippen MR) is 187 cm³/mol. The van der Waals surface area contributed by atoms with Crippen LogP contribution in [0.1, 0.15) is 82.1 Å². The molecule has 2 aromatic carbocycles. The molecule has 2 bridgehead atoms. The first kappa shape index (κ1) is 35.0. The van der Waals surface area contributed by atoms with E-state index in [0.717, 1.165) is 49.2 Å². The number of nitrogens with one attached hydrogen (secondary N) is 2. The fraction of sp³-hybridized carbons (Fsp3) is 0.641. The number of hydrogen-bond donors (Lipinski definition) is 4. The molecular formula is C39H56N4O5. The van der Waals surface area contributed by atoms with Crippen LogP contribution in [0.3, 0.4) is 0 Å². The molecule has 3 saturated carbocycles. The first-order valence-corrected chi connectivity index (χ1v) is 18.3. The quantitative estimate of drug-likeness (QED) is 0.246. The van der Waals surface area contributed by atoms with Gasteiger partial charge in [0.15, 0.2) is 0 Å². The highest BCUT2D eigenvalue weighted by molar-refractivity contribution is 5.95. The molecule has 2 aromatic rings. The fourth-order valence-electron chi connectivity index (χ4n) is 9.14. The molecule has 4 N–H and O–H groups in total. The van der Waals surface area contributed by atoms with Crippen LogP contribution in [-0.4, -0.2) is 89.1 Å². The first-order valence-electron chi connectivity index (χ1n) is 18.3. The average Bonchev–Trinajstić information content (AvgIpc) is 3.46. The van der Waals surface area contributed by atoms with Crippen molar-refractivity contribution in [1.29, 1.82) is 0 Å². The lowest BCUT2D eigenvalue weighted by Crippen LogP contribution is -2.62. The van der Waals surface area contributed by atoms with Gasteiger partial charge in [-0.25, -0.2) is 0 Å². The average molecular weight is 661 g/mol. The van der Waals surface area contributed by atoms with Gasteiger partial charge < -0.3 is 25.7 Å². The minimum Gasteiger partial charge on any atom is -0.394 e. The lowest BCUT2D eigenvalue weighted by molar-refractivity contribution is -0.183. The van der Waals surface area contributed by atoms with Crippen molar-refractivity contribution in [2.45, 2.75) is 97.1 Å². The number of aliphatic hydroxyl groups excluding tert-OH is 2. The number of amides is 2. The minimum absolute atomic E-state index is 0.0710. The normalized spacial score (nSPS) is 30.8. The number of hydrogen-bond acceptors (Lipinski definition) is 7. The molecule has 0 aromatic heterocycles. The third-order valence-corrected chi connectivity index (χ3v) is 12.2. The smallest absolute Gasteiger partial charge is 0.251 e. The van der Waals surface area contributed by atoms with Crippen LogP contribution >= 0.6 is 0 Å². The number of fused-ring (bicyclic) bond motifs is 2. The summed E-state index contributed by atoms with van der Waals surface area (Å²) in [5.74, 6) is 0.772. The van der Waals surface area contributed by atoms with Gasteiger partial charge in [0, 0.05) is 24.1 Å². The molecule has 0 spiro atoms. The van der Waals surface area contributed by atoms with E-state index < -0.39 is 24.2 Å². The third kappa shape index (κ3) is 7.36. The molecule has 9 nitrogen and oxygen atoms in total. The lowest BCUT2D eigenvalue weighted by Gasteiger charge is -2.62. The Morgan fingerprint density at radius 1 is 1.04 bits per heavy atom. The van der Waals surface area contributed by atoms with E-state index in [1.165, 1.54) is 25.7 Å². The lowest BCUT2D eigenvalue weighted by atomic mass is 9.45. The molecule has 5 fully saturated rings. The molecule has 2 aliphatic heterocycles. The Kier molecular flexibility index (Phi) is 10.9. The Labute approximate surface area is 286 Å². The summed E-state index contributed by atoms with van der Waals surface area (Å²) in [5.41, 5.74) is 3.75. The van der Waals surface area contributed by atoms with Crippen LogP contribution in [0.5, 0.6) is 0 Å². The van der Waals surface area contributed by atoms with E-state index >= 15 is 0 Å². The van der Waals surface area contributed by atoms with Crippen LogP contribution in [0.15, 0.2) is 48.5 Å². The van der Waals surface area contributed by atoms with Gasteiger partial charge in [-0.15, -0.1) is 0 Å². The molecule has 48 heavy (non-hydrogen) atoms. The van der Waals surface area contributed by atoms with E-state index in [9.17, 15) is 19.8 Å². The maximum absolute atomic E-state index is 14.0. The molecule has 262 valence electrons. The first-order chi connectivity index (χ1) is 23.1. The number of carbonyl (C=O) groups is 2. The molecule has 9 heteroatoms. The summed E-state index contributed by atoms with van der Waals surface area (Å²) in [7, 11) is 0. The zero-order valence-electron chi connectivity index (χ0n) is 29.2. The Balaban J connectivity index is 1.12. The molecular weight excluding hydrogens is 604 g/mol. The maximum atomic E-state index is 14.0. The number of nitrogens with zero attached hydrogens (tertiary/aromatic N) is 2. The molecule has 0 radical (unpaired) electrons. The van der Waals surface area contributed by atoms with Crippen LogP contribution < -0.4 is 10.6 Å². The Morgan fingerprint density at radius 2 is 1.77 bits per heavy atom. The zero-order chi connectivity index (χ0) is 34.0. The molecule has 3 aliphatic carbocycles. The summed E-state index contributed by atoms with van der Waals surface area (Å²) in [6.45, 7) is 12.6. The molecule has 2 amide bonds. The van der Waals surface area contributed by atoms with E-state index in [0.29, 0.717) is 41.8 Å². The van der Waals surface area contributed by atoms with Gasteiger partial charge >= 0.3 is 0 Å². The van der Waals surface area contributed by atoms with Gasteiger partial charge in [0.2, 0.25) is 5.91 Å². The molecule has 7 rings (SSSR count). The van der Waals surface area contributed by atoms with E-state index in [2.05, 4.69) is 42.4 Å². The summed E-state index contributed by atoms with van der Waals surface area (Å²) >= 11 is 0. The highest BCUT2D eigenvalue weighted by atomic mass is 16.7. The second kappa shape index (κ2) is 15.0. The Bertz CT molecular complexity index is 1420. The Morgan fingerprint density at radius 3 is 2.46 bits per heavy atom. The molecule has 5 aliphatic rings. The van der Waals surface area contributed by atoms with Gasteiger partial charge in [0.1, 0.15) is 12.1 Å². The zero-order valence-corrected chi connectivity index (χ0v) is 29.2. The van der Waals surface area contributed by atoms with Crippen molar-refractivity contribution in [1.82, 2.24) is 20.6 Å². The highest BCUT2D eigenvalue weighted by Crippen LogP contribution is 2.61. The fourth-order valence-corrected chi connectivity index (χ4v) is 9.14. The summed E-state index contributed by atoms with van der Waals surface area (Å²) in [5, 5.41) is 29.1. The van der Waals surface area contributed by atoms with Crippen molar-refractivity contribution >= 4 is 11.8 Å². The van der Waals surface area contributed by atoms with Gasteiger partial charge in [0.25, 0.3) is 5.91 Å². The van der Waals surface area contributed by atoms with E-state index in [-0.39, 0.29) is 24.5 Å². The number of likely N-dealkylation sites (tertiary alicyclic amines) is 1. The summed E-state index contributed by atoms with van der Waals surface area (Å²) in [4.78, 5) is 35.7. The van der Waals surface area contributed by atoms with E-state index in [1.807, 2.05) is 42.5 Å². The van der Waals surface area contributed by atoms with Crippen LogP contribution in [0.4, 0.5) is 0 Å². The van der Waals surface area contributed by atoms with Crippen LogP contribution in [-0.2, 0) is 16.2 Å². The Hall–Kier alpha value is -2.82.